The van der Waals surface area contributed by atoms with Gasteiger partial charge in [0.05, 0.1) is 24.2 Å². The summed E-state index contributed by atoms with van der Waals surface area (Å²) in [6.07, 6.45) is -3.94. The van der Waals surface area contributed by atoms with Crippen LogP contribution in [0.3, 0.4) is 0 Å². The minimum absolute atomic E-state index is 0.145. The molecule has 1 N–H and O–H groups in total. The van der Waals surface area contributed by atoms with Crippen LogP contribution in [0.5, 0.6) is 0 Å². The summed E-state index contributed by atoms with van der Waals surface area (Å²) < 4.78 is 74.2. The molecule has 2 saturated heterocycles. The summed E-state index contributed by atoms with van der Waals surface area (Å²) in [5, 5.41) is 10.1. The van der Waals surface area contributed by atoms with E-state index in [2.05, 4.69) is 24.5 Å². The zero-order valence-electron chi connectivity index (χ0n) is 21.4. The molecule has 0 saturated carbocycles. The highest BCUT2D eigenvalue weighted by Gasteiger charge is 2.51. The molecule has 2 aliphatic rings. The molecular weight excluding hydrogens is 539 g/mol. The minimum Gasteiger partial charge on any atom is -0.378 e. The fourth-order valence-electron chi connectivity index (χ4n) is 5.07. The fourth-order valence-corrected chi connectivity index (χ4v) is 7.13. The molecule has 2 aromatic carbocycles. The van der Waals surface area contributed by atoms with Gasteiger partial charge >= 0.3 is 6.18 Å². The number of piperazine rings is 1. The van der Waals surface area contributed by atoms with Crippen molar-refractivity contribution in [3.05, 3.63) is 54.1 Å². The smallest absolute Gasteiger partial charge is 0.378 e. The Morgan fingerprint density at radius 2 is 1.74 bits per heavy atom. The molecular formula is C26H34F3N3O4S2. The van der Waals surface area contributed by atoms with E-state index in [-0.39, 0.29) is 35.6 Å². The third kappa shape index (κ3) is 5.85. The lowest BCUT2D eigenvalue weighted by Crippen LogP contribution is -2.60. The number of halogens is 3. The van der Waals surface area contributed by atoms with Crippen LogP contribution < -0.4 is 4.90 Å². The lowest BCUT2D eigenvalue weighted by molar-refractivity contribution is -0.258. The topological polar surface area (TPSA) is 73.3 Å². The van der Waals surface area contributed by atoms with Gasteiger partial charge in [-0.25, -0.2) is 8.42 Å². The van der Waals surface area contributed by atoms with E-state index in [0.717, 1.165) is 13.3 Å². The molecule has 12 heteroatoms. The van der Waals surface area contributed by atoms with Gasteiger partial charge in [0.2, 0.25) is 10.0 Å². The average molecular weight is 574 g/mol. The number of ether oxygens (including phenoxy) is 1. The van der Waals surface area contributed by atoms with Crippen LogP contribution in [0.2, 0.25) is 0 Å². The van der Waals surface area contributed by atoms with Crippen molar-refractivity contribution in [1.29, 1.82) is 0 Å². The van der Waals surface area contributed by atoms with Crippen molar-refractivity contribution in [2.24, 2.45) is 0 Å². The van der Waals surface area contributed by atoms with Crippen LogP contribution in [-0.4, -0.2) is 86.9 Å². The van der Waals surface area contributed by atoms with Gasteiger partial charge in [-0.2, -0.15) is 17.5 Å². The Morgan fingerprint density at radius 1 is 1.05 bits per heavy atom. The molecule has 210 valence electrons. The second-order valence-corrected chi connectivity index (χ2v) is 12.3. The molecule has 38 heavy (non-hydrogen) atoms. The first kappa shape index (κ1) is 29.2. The first-order chi connectivity index (χ1) is 17.9. The van der Waals surface area contributed by atoms with Crippen LogP contribution in [0.15, 0.2) is 58.3 Å². The molecule has 0 amide bonds. The summed E-state index contributed by atoms with van der Waals surface area (Å²) in [6, 6.07) is 12.2. The lowest BCUT2D eigenvalue weighted by Gasteiger charge is -2.46. The van der Waals surface area contributed by atoms with Gasteiger partial charge in [0, 0.05) is 49.3 Å². The maximum absolute atomic E-state index is 13.5. The highest BCUT2D eigenvalue weighted by atomic mass is 32.2. The van der Waals surface area contributed by atoms with Crippen LogP contribution in [0.25, 0.3) is 0 Å². The molecule has 0 bridgehead atoms. The summed E-state index contributed by atoms with van der Waals surface area (Å²) >= 11 is 4.35. The quantitative estimate of drug-likeness (QED) is 0.492. The van der Waals surface area contributed by atoms with Crippen LogP contribution in [0.4, 0.5) is 18.9 Å². The largest absolute Gasteiger partial charge is 0.421 e. The number of aliphatic hydroxyl groups is 1. The van der Waals surface area contributed by atoms with Crippen molar-refractivity contribution < 1.29 is 31.4 Å². The maximum Gasteiger partial charge on any atom is 0.421 e. The van der Waals surface area contributed by atoms with Gasteiger partial charge in [0.1, 0.15) is 0 Å². The minimum atomic E-state index is -4.81. The number of morpholine rings is 1. The van der Waals surface area contributed by atoms with Gasteiger partial charge < -0.3 is 14.7 Å². The average Bonchev–Trinajstić information content (AvgIpc) is 2.88. The Hall–Kier alpha value is -1.83. The molecule has 0 radical (unpaired) electrons. The summed E-state index contributed by atoms with van der Waals surface area (Å²) in [7, 11) is -3.80. The number of rotatable bonds is 7. The zero-order chi connectivity index (χ0) is 27.7. The third-order valence-corrected chi connectivity index (χ3v) is 9.97. The van der Waals surface area contributed by atoms with Crippen LogP contribution >= 0.6 is 12.6 Å². The van der Waals surface area contributed by atoms with Crippen LogP contribution in [0.1, 0.15) is 25.8 Å². The predicted molar refractivity (Wildman–Crippen MR) is 142 cm³/mol. The van der Waals surface area contributed by atoms with Crippen molar-refractivity contribution in [3.8, 4) is 0 Å². The highest BCUT2D eigenvalue weighted by Crippen LogP contribution is 2.39. The second-order valence-electron chi connectivity index (χ2n) is 9.93. The summed E-state index contributed by atoms with van der Waals surface area (Å²) in [5.41, 5.74) is -2.55. The lowest BCUT2D eigenvalue weighted by atomic mass is 9.95. The standard InChI is InChI=1S/C26H34F3N3O4S2/c1-3-20-18-36-15-14-30(20)16-22-17-31(38(34,35)24-7-5-4-6-23(24)37)12-13-32(22)21-10-8-19(9-11-21)25(2,33)26(27,28)29/h4-11,20,22,33,37H,3,12-18H2,1-2H3/t20?,22-,25?/m0/s1. The van der Waals surface area contributed by atoms with Crippen molar-refractivity contribution in [1.82, 2.24) is 9.21 Å². The van der Waals surface area contributed by atoms with E-state index in [1.165, 1.54) is 16.4 Å². The Morgan fingerprint density at radius 3 is 2.37 bits per heavy atom. The zero-order valence-corrected chi connectivity index (χ0v) is 23.1. The van der Waals surface area contributed by atoms with Gasteiger partial charge in [0.15, 0.2) is 5.60 Å². The first-order valence-corrected chi connectivity index (χ1v) is 14.5. The molecule has 2 aliphatic heterocycles. The number of alkyl halides is 3. The van der Waals surface area contributed by atoms with Gasteiger partial charge in [-0.15, -0.1) is 12.6 Å². The van der Waals surface area contributed by atoms with Gasteiger partial charge in [0.25, 0.3) is 0 Å². The SMILES string of the molecule is CCC1COCCN1C[C@H]1CN(S(=O)(=O)c2ccccc2S)CCN1c1ccc(C(C)(O)C(F)(F)F)cc1. The van der Waals surface area contributed by atoms with Gasteiger partial charge in [-0.3, -0.25) is 4.90 Å². The molecule has 0 aliphatic carbocycles. The molecule has 2 heterocycles. The first-order valence-electron chi connectivity index (χ1n) is 12.6. The van der Waals surface area contributed by atoms with Crippen molar-refractivity contribution in [3.63, 3.8) is 0 Å². The van der Waals surface area contributed by atoms with Crippen molar-refractivity contribution in [2.45, 2.75) is 53.9 Å². The molecule has 2 fully saturated rings. The normalized spacial score (nSPS) is 23.8. The van der Waals surface area contributed by atoms with E-state index in [1.807, 2.05) is 4.90 Å². The summed E-state index contributed by atoms with van der Waals surface area (Å²) in [6.45, 7) is 6.05. The second kappa shape index (κ2) is 11.3. The monoisotopic (exact) mass is 573 g/mol. The molecule has 3 atom stereocenters. The maximum atomic E-state index is 13.5. The number of hydrogen-bond donors (Lipinski definition) is 2. The molecule has 7 nitrogen and oxygen atoms in total. The van der Waals surface area contributed by atoms with E-state index >= 15 is 0 Å². The predicted octanol–water partition coefficient (Wildman–Crippen LogP) is 3.74. The number of sulfonamides is 1. The Bertz CT molecular complexity index is 1210. The van der Waals surface area contributed by atoms with E-state index < -0.39 is 21.8 Å². The van der Waals surface area contributed by atoms with Gasteiger partial charge in [-0.05, 0) is 43.2 Å². The summed E-state index contributed by atoms with van der Waals surface area (Å²) in [4.78, 5) is 4.87. The highest BCUT2D eigenvalue weighted by molar-refractivity contribution is 7.90. The number of thiol groups is 1. The van der Waals surface area contributed by atoms with E-state index in [1.54, 1.807) is 36.4 Å². The Kier molecular flexibility index (Phi) is 8.70. The van der Waals surface area contributed by atoms with Crippen molar-refractivity contribution >= 4 is 28.3 Å². The number of nitrogens with zero attached hydrogens (tertiary/aromatic N) is 3. The molecule has 2 aromatic rings. The summed E-state index contributed by atoms with van der Waals surface area (Å²) in [5.74, 6) is 0. The number of benzene rings is 2. The number of anilines is 1. The Labute approximate surface area is 227 Å². The number of hydrogen-bond acceptors (Lipinski definition) is 7. The molecule has 0 spiro atoms. The molecule has 2 unspecified atom stereocenters. The van der Waals surface area contributed by atoms with Crippen LogP contribution in [-0.2, 0) is 20.4 Å². The molecule has 0 aromatic heterocycles. The van der Waals surface area contributed by atoms with E-state index in [9.17, 15) is 26.7 Å². The molecule has 4 rings (SSSR count). The van der Waals surface area contributed by atoms with E-state index in [0.29, 0.717) is 43.4 Å². The van der Waals surface area contributed by atoms with E-state index in [4.69, 9.17) is 4.74 Å². The fraction of sp³-hybridized carbons (Fsp3) is 0.538. The van der Waals surface area contributed by atoms with Gasteiger partial charge in [-0.1, -0.05) is 31.2 Å². The van der Waals surface area contributed by atoms with Crippen LogP contribution in [0, 0.1) is 0 Å². The third-order valence-electron chi connectivity index (χ3n) is 7.51. The Balaban J connectivity index is 1.63. The van der Waals surface area contributed by atoms with Crippen molar-refractivity contribution in [2.75, 3.05) is 50.8 Å².